The van der Waals surface area contributed by atoms with Crippen molar-refractivity contribution in [3.8, 4) is 0 Å². The third-order valence-electron chi connectivity index (χ3n) is 4.83. The van der Waals surface area contributed by atoms with Gasteiger partial charge in [0.05, 0.1) is 0 Å². The van der Waals surface area contributed by atoms with Crippen LogP contribution >= 0.6 is 0 Å². The Morgan fingerprint density at radius 1 is 1.12 bits per heavy atom. The summed E-state index contributed by atoms with van der Waals surface area (Å²) in [6, 6.07) is 0.690. The monoisotopic (exact) mass is 222 g/mol. The van der Waals surface area contributed by atoms with Crippen LogP contribution in [-0.2, 0) is 0 Å². The summed E-state index contributed by atoms with van der Waals surface area (Å²) in [5.41, 5.74) is 0. The Kier molecular flexibility index (Phi) is 3.21. The summed E-state index contributed by atoms with van der Waals surface area (Å²) >= 11 is 0. The van der Waals surface area contributed by atoms with E-state index in [1.165, 1.54) is 51.9 Å². The first kappa shape index (κ1) is 11.0. The molecule has 0 radical (unpaired) electrons. The second-order valence-electron chi connectivity index (χ2n) is 6.41. The maximum Gasteiger partial charge on any atom is 0.0166 e. The highest BCUT2D eigenvalue weighted by molar-refractivity contribution is 4.96. The van der Waals surface area contributed by atoms with E-state index in [2.05, 4.69) is 17.1 Å². The van der Waals surface area contributed by atoms with Gasteiger partial charge in [0.25, 0.3) is 0 Å². The Morgan fingerprint density at radius 2 is 1.81 bits per heavy atom. The molecule has 0 amide bonds. The third kappa shape index (κ3) is 2.60. The lowest BCUT2D eigenvalue weighted by atomic mass is 10.0. The molecule has 1 aliphatic heterocycles. The average Bonchev–Trinajstić information content (AvgIpc) is 2.70. The molecule has 1 heterocycles. The maximum atomic E-state index is 3.75. The fourth-order valence-electron chi connectivity index (χ4n) is 3.79. The number of fused-ring (bicyclic) bond motifs is 1. The number of rotatable bonds is 5. The van der Waals surface area contributed by atoms with Crippen LogP contribution in [0.2, 0.25) is 0 Å². The van der Waals surface area contributed by atoms with Crippen molar-refractivity contribution < 1.29 is 0 Å². The first-order valence-corrected chi connectivity index (χ1v) is 7.27. The molecule has 1 N–H and O–H groups in total. The van der Waals surface area contributed by atoms with Gasteiger partial charge in [-0.05, 0) is 76.4 Å². The fraction of sp³-hybridized carbons (Fsp3) is 1.00. The SMILES string of the molecule is CC(CN1CCCC1)NCC1CC2CC2C1. The van der Waals surface area contributed by atoms with Crippen LogP contribution in [0.15, 0.2) is 0 Å². The lowest BCUT2D eigenvalue weighted by molar-refractivity contribution is 0.289. The molecule has 0 aromatic rings. The van der Waals surface area contributed by atoms with Crippen molar-refractivity contribution in [1.29, 1.82) is 0 Å². The van der Waals surface area contributed by atoms with Gasteiger partial charge in [0.15, 0.2) is 0 Å². The van der Waals surface area contributed by atoms with Gasteiger partial charge in [-0.2, -0.15) is 0 Å². The Bertz CT molecular complexity index is 225. The molecule has 0 spiro atoms. The van der Waals surface area contributed by atoms with Gasteiger partial charge < -0.3 is 10.2 Å². The van der Waals surface area contributed by atoms with Crippen molar-refractivity contribution in [2.45, 2.75) is 45.1 Å². The van der Waals surface area contributed by atoms with Gasteiger partial charge in [-0.1, -0.05) is 0 Å². The summed E-state index contributed by atoms with van der Waals surface area (Å²) in [6.45, 7) is 7.56. The van der Waals surface area contributed by atoms with Gasteiger partial charge in [0, 0.05) is 12.6 Å². The van der Waals surface area contributed by atoms with E-state index in [9.17, 15) is 0 Å². The summed E-state index contributed by atoms with van der Waals surface area (Å²) in [5.74, 6) is 3.28. The second-order valence-corrected chi connectivity index (χ2v) is 6.41. The zero-order valence-electron chi connectivity index (χ0n) is 10.6. The number of nitrogens with one attached hydrogen (secondary N) is 1. The predicted octanol–water partition coefficient (Wildman–Crippen LogP) is 2.11. The zero-order chi connectivity index (χ0) is 11.0. The smallest absolute Gasteiger partial charge is 0.0166 e. The van der Waals surface area contributed by atoms with Gasteiger partial charge in [-0.15, -0.1) is 0 Å². The lowest BCUT2D eigenvalue weighted by Gasteiger charge is -2.23. The maximum absolute atomic E-state index is 3.75. The van der Waals surface area contributed by atoms with Crippen LogP contribution in [0, 0.1) is 17.8 Å². The highest BCUT2D eigenvalue weighted by Gasteiger charge is 2.45. The summed E-state index contributed by atoms with van der Waals surface area (Å²) in [7, 11) is 0. The standard InChI is InChI=1S/C14H26N2/c1-11(10-16-4-2-3-5-16)15-9-12-6-13-8-14(13)7-12/h11-15H,2-10H2,1H3. The lowest BCUT2D eigenvalue weighted by Crippen LogP contribution is -2.39. The van der Waals surface area contributed by atoms with Crippen molar-refractivity contribution in [2.24, 2.45) is 17.8 Å². The Hall–Kier alpha value is -0.0800. The molecule has 92 valence electrons. The molecule has 2 nitrogen and oxygen atoms in total. The third-order valence-corrected chi connectivity index (χ3v) is 4.83. The van der Waals surface area contributed by atoms with Crippen LogP contribution in [0.3, 0.4) is 0 Å². The van der Waals surface area contributed by atoms with E-state index in [-0.39, 0.29) is 0 Å². The molecule has 3 unspecified atom stereocenters. The van der Waals surface area contributed by atoms with Crippen LogP contribution in [0.5, 0.6) is 0 Å². The van der Waals surface area contributed by atoms with Crippen LogP contribution in [0.1, 0.15) is 39.0 Å². The Morgan fingerprint density at radius 3 is 2.50 bits per heavy atom. The molecule has 2 aliphatic carbocycles. The number of hydrogen-bond acceptors (Lipinski definition) is 2. The molecular weight excluding hydrogens is 196 g/mol. The quantitative estimate of drug-likeness (QED) is 0.766. The Labute approximate surface area is 99.8 Å². The minimum absolute atomic E-state index is 0.690. The van der Waals surface area contributed by atoms with Crippen molar-refractivity contribution in [3.63, 3.8) is 0 Å². The highest BCUT2D eigenvalue weighted by atomic mass is 15.2. The van der Waals surface area contributed by atoms with E-state index >= 15 is 0 Å². The Balaban J connectivity index is 1.31. The fourth-order valence-corrected chi connectivity index (χ4v) is 3.79. The molecule has 3 aliphatic rings. The molecule has 3 fully saturated rings. The average molecular weight is 222 g/mol. The molecule has 16 heavy (non-hydrogen) atoms. The van der Waals surface area contributed by atoms with E-state index < -0.39 is 0 Å². The van der Waals surface area contributed by atoms with E-state index in [1.54, 1.807) is 6.42 Å². The molecule has 0 aromatic heterocycles. The first-order chi connectivity index (χ1) is 7.81. The highest BCUT2D eigenvalue weighted by Crippen LogP contribution is 2.54. The van der Waals surface area contributed by atoms with Crippen molar-refractivity contribution >= 4 is 0 Å². The summed E-state index contributed by atoms with van der Waals surface area (Å²) in [5, 5.41) is 3.75. The molecular formula is C14H26N2. The minimum atomic E-state index is 0.690. The largest absolute Gasteiger partial charge is 0.313 e. The summed E-state index contributed by atoms with van der Waals surface area (Å²) in [6.07, 6.45) is 7.43. The zero-order valence-corrected chi connectivity index (χ0v) is 10.6. The minimum Gasteiger partial charge on any atom is -0.313 e. The van der Waals surface area contributed by atoms with Gasteiger partial charge in [-0.3, -0.25) is 0 Å². The molecule has 3 atom stereocenters. The number of likely N-dealkylation sites (tertiary alicyclic amines) is 1. The molecule has 0 aromatic carbocycles. The molecule has 0 bridgehead atoms. The van der Waals surface area contributed by atoms with E-state index in [0.717, 1.165) is 17.8 Å². The van der Waals surface area contributed by atoms with Crippen LogP contribution in [0.4, 0.5) is 0 Å². The van der Waals surface area contributed by atoms with Gasteiger partial charge in [0.1, 0.15) is 0 Å². The van der Waals surface area contributed by atoms with E-state index in [4.69, 9.17) is 0 Å². The van der Waals surface area contributed by atoms with Crippen molar-refractivity contribution in [3.05, 3.63) is 0 Å². The molecule has 2 heteroatoms. The molecule has 3 rings (SSSR count). The van der Waals surface area contributed by atoms with Gasteiger partial charge in [-0.25, -0.2) is 0 Å². The summed E-state index contributed by atoms with van der Waals surface area (Å²) < 4.78 is 0. The first-order valence-electron chi connectivity index (χ1n) is 7.27. The van der Waals surface area contributed by atoms with Gasteiger partial charge in [0.2, 0.25) is 0 Å². The second kappa shape index (κ2) is 4.66. The van der Waals surface area contributed by atoms with E-state index in [0.29, 0.717) is 6.04 Å². The predicted molar refractivity (Wildman–Crippen MR) is 67.5 cm³/mol. The summed E-state index contributed by atoms with van der Waals surface area (Å²) in [4.78, 5) is 2.61. The van der Waals surface area contributed by atoms with Gasteiger partial charge >= 0.3 is 0 Å². The van der Waals surface area contributed by atoms with Crippen LogP contribution in [-0.4, -0.2) is 37.1 Å². The molecule has 1 saturated heterocycles. The number of nitrogens with zero attached hydrogens (tertiary/aromatic N) is 1. The van der Waals surface area contributed by atoms with Crippen LogP contribution < -0.4 is 5.32 Å². The number of hydrogen-bond donors (Lipinski definition) is 1. The van der Waals surface area contributed by atoms with Crippen molar-refractivity contribution in [2.75, 3.05) is 26.2 Å². The normalized spacial score (nSPS) is 39.9. The van der Waals surface area contributed by atoms with Crippen LogP contribution in [0.25, 0.3) is 0 Å². The van der Waals surface area contributed by atoms with Crippen molar-refractivity contribution in [1.82, 2.24) is 10.2 Å². The topological polar surface area (TPSA) is 15.3 Å². The van der Waals surface area contributed by atoms with E-state index in [1.807, 2.05) is 0 Å². The molecule has 2 saturated carbocycles.